The monoisotopic (exact) mass is 585 g/mol. The van der Waals surface area contributed by atoms with E-state index in [2.05, 4.69) is 27.9 Å². The maximum Gasteiger partial charge on any atom is 0.244 e. The van der Waals surface area contributed by atoms with Gasteiger partial charge < -0.3 is 10.2 Å². The molecule has 180 valence electrons. The zero-order valence-corrected chi connectivity index (χ0v) is 22.7. The number of nitrogens with one attached hydrogen (secondary N) is 1. The van der Waals surface area contributed by atoms with E-state index < -0.39 is 28.5 Å². The summed E-state index contributed by atoms with van der Waals surface area (Å²) < 4.78 is 27.1. The Morgan fingerprint density at radius 2 is 1.73 bits per heavy atom. The fourth-order valence-corrected chi connectivity index (χ4v) is 4.49. The molecule has 2 aromatic rings. The first kappa shape index (κ1) is 27.1. The average molecular weight is 586 g/mol. The van der Waals surface area contributed by atoms with Gasteiger partial charge in [0.2, 0.25) is 21.8 Å². The SMILES string of the molecule is CC[C@@H](C)NC(=O)[C@@H](C)N(Cc1cccc(C)c1)C(=O)CN(c1ccc(I)cc1)S(C)(=O)=O. The molecule has 0 spiro atoms. The average Bonchev–Trinajstić information content (AvgIpc) is 2.75. The molecule has 0 aromatic heterocycles. The molecule has 0 aliphatic carbocycles. The first-order valence-electron chi connectivity index (χ1n) is 10.8. The fourth-order valence-electron chi connectivity index (χ4n) is 3.28. The van der Waals surface area contributed by atoms with Crippen molar-refractivity contribution in [2.24, 2.45) is 0 Å². The number of hydrogen-bond acceptors (Lipinski definition) is 4. The highest BCUT2D eigenvalue weighted by atomic mass is 127. The Kier molecular flexibility index (Phi) is 9.71. The predicted molar refractivity (Wildman–Crippen MR) is 140 cm³/mol. The maximum absolute atomic E-state index is 13.5. The van der Waals surface area contributed by atoms with Gasteiger partial charge in [-0.1, -0.05) is 36.8 Å². The summed E-state index contributed by atoms with van der Waals surface area (Å²) in [5, 5.41) is 2.92. The van der Waals surface area contributed by atoms with Crippen molar-refractivity contribution in [1.29, 1.82) is 0 Å². The second-order valence-electron chi connectivity index (χ2n) is 8.25. The van der Waals surface area contributed by atoms with E-state index in [1.165, 1.54) is 4.90 Å². The predicted octanol–water partition coefficient (Wildman–Crippen LogP) is 3.70. The molecule has 0 fully saturated rings. The van der Waals surface area contributed by atoms with E-state index >= 15 is 0 Å². The molecular formula is C24H32IN3O4S. The highest BCUT2D eigenvalue weighted by Gasteiger charge is 2.30. The van der Waals surface area contributed by atoms with Gasteiger partial charge in [-0.25, -0.2) is 8.42 Å². The van der Waals surface area contributed by atoms with Crippen LogP contribution < -0.4 is 9.62 Å². The van der Waals surface area contributed by atoms with Crippen molar-refractivity contribution in [2.45, 2.75) is 52.7 Å². The van der Waals surface area contributed by atoms with Crippen LogP contribution in [0.1, 0.15) is 38.3 Å². The fraction of sp³-hybridized carbons (Fsp3) is 0.417. The van der Waals surface area contributed by atoms with E-state index in [4.69, 9.17) is 0 Å². The summed E-state index contributed by atoms with van der Waals surface area (Å²) in [6, 6.07) is 13.8. The second kappa shape index (κ2) is 11.8. The molecule has 0 aliphatic rings. The number of anilines is 1. The molecule has 0 radical (unpaired) electrons. The van der Waals surface area contributed by atoms with E-state index in [0.29, 0.717) is 5.69 Å². The lowest BCUT2D eigenvalue weighted by Crippen LogP contribution is -2.52. The van der Waals surface area contributed by atoms with Gasteiger partial charge in [-0.15, -0.1) is 0 Å². The molecule has 33 heavy (non-hydrogen) atoms. The number of rotatable bonds is 10. The summed E-state index contributed by atoms with van der Waals surface area (Å²) >= 11 is 2.13. The Hall–Kier alpha value is -2.14. The number of carbonyl (C=O) groups excluding carboxylic acids is 2. The zero-order valence-electron chi connectivity index (χ0n) is 19.7. The first-order valence-corrected chi connectivity index (χ1v) is 13.7. The normalized spacial score (nSPS) is 13.2. The molecule has 1 N–H and O–H groups in total. The summed E-state index contributed by atoms with van der Waals surface area (Å²) in [6.45, 7) is 7.29. The van der Waals surface area contributed by atoms with Crippen molar-refractivity contribution < 1.29 is 18.0 Å². The van der Waals surface area contributed by atoms with Gasteiger partial charge in [-0.05, 0) is 79.6 Å². The Morgan fingerprint density at radius 1 is 1.09 bits per heavy atom. The van der Waals surface area contributed by atoms with Crippen LogP contribution in [0, 0.1) is 10.5 Å². The van der Waals surface area contributed by atoms with Crippen LogP contribution in [0.3, 0.4) is 0 Å². The van der Waals surface area contributed by atoms with Crippen molar-refractivity contribution in [3.63, 3.8) is 0 Å². The second-order valence-corrected chi connectivity index (χ2v) is 11.4. The smallest absolute Gasteiger partial charge is 0.244 e. The van der Waals surface area contributed by atoms with Crippen LogP contribution in [0.2, 0.25) is 0 Å². The number of sulfonamides is 1. The third-order valence-electron chi connectivity index (χ3n) is 5.40. The molecule has 7 nitrogen and oxygen atoms in total. The molecule has 0 bridgehead atoms. The Bertz CT molecular complexity index is 1070. The van der Waals surface area contributed by atoms with E-state index in [1.807, 2.05) is 45.0 Å². The molecule has 2 rings (SSSR count). The summed E-state index contributed by atoms with van der Waals surface area (Å²) in [7, 11) is -3.73. The largest absolute Gasteiger partial charge is 0.352 e. The van der Waals surface area contributed by atoms with Crippen LogP contribution >= 0.6 is 22.6 Å². The zero-order chi connectivity index (χ0) is 24.8. The van der Waals surface area contributed by atoms with Gasteiger partial charge in [0.15, 0.2) is 0 Å². The van der Waals surface area contributed by atoms with Crippen LogP contribution in [0.15, 0.2) is 48.5 Å². The molecular weight excluding hydrogens is 553 g/mol. The van der Waals surface area contributed by atoms with Gasteiger partial charge in [-0.3, -0.25) is 13.9 Å². The van der Waals surface area contributed by atoms with E-state index in [0.717, 1.165) is 31.7 Å². The number of nitrogens with zero attached hydrogens (tertiary/aromatic N) is 2. The lowest BCUT2D eigenvalue weighted by atomic mass is 10.1. The Morgan fingerprint density at radius 3 is 2.27 bits per heavy atom. The minimum Gasteiger partial charge on any atom is -0.352 e. The molecule has 2 aromatic carbocycles. The van der Waals surface area contributed by atoms with Gasteiger partial charge in [0, 0.05) is 16.2 Å². The first-order chi connectivity index (χ1) is 15.4. The van der Waals surface area contributed by atoms with Gasteiger partial charge in [0.25, 0.3) is 0 Å². The minimum absolute atomic E-state index is 0.0322. The van der Waals surface area contributed by atoms with Crippen molar-refractivity contribution >= 4 is 50.1 Å². The topological polar surface area (TPSA) is 86.8 Å². The number of halogens is 1. The van der Waals surface area contributed by atoms with E-state index in [1.54, 1.807) is 31.2 Å². The molecule has 2 atom stereocenters. The van der Waals surface area contributed by atoms with Gasteiger partial charge in [0.05, 0.1) is 11.9 Å². The summed E-state index contributed by atoms with van der Waals surface area (Å²) in [5.74, 6) is -0.724. The number of benzene rings is 2. The van der Waals surface area contributed by atoms with E-state index in [9.17, 15) is 18.0 Å². The third-order valence-corrected chi connectivity index (χ3v) is 7.26. The minimum atomic E-state index is -3.73. The molecule has 2 amide bonds. The Balaban J connectivity index is 2.37. The van der Waals surface area contributed by atoms with Crippen LogP contribution in [0.4, 0.5) is 5.69 Å². The van der Waals surface area contributed by atoms with Crippen molar-refractivity contribution in [3.8, 4) is 0 Å². The lowest BCUT2D eigenvalue weighted by Gasteiger charge is -2.32. The quantitative estimate of drug-likeness (QED) is 0.431. The number of carbonyl (C=O) groups is 2. The molecule has 0 unspecified atom stereocenters. The molecule has 0 saturated heterocycles. The molecule has 0 heterocycles. The maximum atomic E-state index is 13.5. The van der Waals surface area contributed by atoms with Crippen LogP contribution in [-0.2, 0) is 26.2 Å². The highest BCUT2D eigenvalue weighted by molar-refractivity contribution is 14.1. The van der Waals surface area contributed by atoms with E-state index in [-0.39, 0.29) is 18.5 Å². The molecule has 0 aliphatic heterocycles. The third kappa shape index (κ3) is 7.99. The van der Waals surface area contributed by atoms with Gasteiger partial charge in [0.1, 0.15) is 12.6 Å². The van der Waals surface area contributed by atoms with Gasteiger partial charge in [-0.2, -0.15) is 0 Å². The molecule has 0 saturated carbocycles. The van der Waals surface area contributed by atoms with Crippen LogP contribution in [0.25, 0.3) is 0 Å². The van der Waals surface area contributed by atoms with Crippen molar-refractivity contribution in [3.05, 3.63) is 63.2 Å². The number of hydrogen-bond donors (Lipinski definition) is 1. The number of aryl methyl sites for hydroxylation is 1. The molecule has 9 heteroatoms. The summed E-state index contributed by atoms with van der Waals surface area (Å²) in [4.78, 5) is 27.8. The van der Waals surface area contributed by atoms with Crippen LogP contribution in [0.5, 0.6) is 0 Å². The van der Waals surface area contributed by atoms with Crippen LogP contribution in [-0.4, -0.2) is 50.0 Å². The van der Waals surface area contributed by atoms with Crippen molar-refractivity contribution in [2.75, 3.05) is 17.1 Å². The summed E-state index contributed by atoms with van der Waals surface area (Å²) in [5.41, 5.74) is 2.30. The highest BCUT2D eigenvalue weighted by Crippen LogP contribution is 2.20. The number of amides is 2. The lowest BCUT2D eigenvalue weighted by molar-refractivity contribution is -0.139. The summed E-state index contributed by atoms with van der Waals surface area (Å²) in [6.07, 6.45) is 1.83. The van der Waals surface area contributed by atoms with Gasteiger partial charge >= 0.3 is 0 Å². The Labute approximate surface area is 210 Å². The van der Waals surface area contributed by atoms with Crippen molar-refractivity contribution in [1.82, 2.24) is 10.2 Å². The standard InChI is InChI=1S/C24H32IN3O4S/c1-6-18(3)26-24(30)19(4)27(15-20-9-7-8-17(2)14-20)23(29)16-28(33(5,31)32)22-12-10-21(25)11-13-22/h7-14,18-19H,6,15-16H2,1-5H3,(H,26,30)/t18-,19-/m1/s1.